The van der Waals surface area contributed by atoms with E-state index in [1.165, 1.54) is 6.92 Å². The number of hydrogen-bond donors (Lipinski definition) is 1. The molecule has 0 unspecified atom stereocenters. The monoisotopic (exact) mass is 227 g/mol. The Balaban J connectivity index is 2.64. The van der Waals surface area contributed by atoms with Crippen molar-refractivity contribution in [3.8, 4) is 16.9 Å². The van der Waals surface area contributed by atoms with Crippen molar-refractivity contribution in [1.82, 2.24) is 4.98 Å². The number of halogens is 1. The Bertz CT molecular complexity index is 584. The van der Waals surface area contributed by atoms with Crippen molar-refractivity contribution in [2.75, 3.05) is 0 Å². The van der Waals surface area contributed by atoms with Crippen molar-refractivity contribution in [3.05, 3.63) is 42.0 Å². The van der Waals surface area contributed by atoms with Gasteiger partial charge in [-0.2, -0.15) is 0 Å². The van der Waals surface area contributed by atoms with E-state index in [-0.39, 0.29) is 11.3 Å². The number of phenols is 1. The molecule has 2 aromatic rings. The number of aromatic hydroxyl groups is 1. The molecule has 0 saturated heterocycles. The zero-order chi connectivity index (χ0) is 12.4. The quantitative estimate of drug-likeness (QED) is 0.625. The van der Waals surface area contributed by atoms with Crippen molar-refractivity contribution in [2.45, 2.75) is 6.92 Å². The summed E-state index contributed by atoms with van der Waals surface area (Å²) in [4.78, 5) is 3.74. The summed E-state index contributed by atoms with van der Waals surface area (Å²) in [6, 6.07) is 8.42. The summed E-state index contributed by atoms with van der Waals surface area (Å²) in [7, 11) is 0. The van der Waals surface area contributed by atoms with Crippen molar-refractivity contribution < 1.29 is 9.50 Å². The molecule has 1 heterocycles. The van der Waals surface area contributed by atoms with E-state index in [1.807, 2.05) is 0 Å². The van der Waals surface area contributed by atoms with Gasteiger partial charge in [-0.15, -0.1) is 0 Å². The van der Waals surface area contributed by atoms with Crippen LogP contribution in [0.5, 0.6) is 5.75 Å². The zero-order valence-corrected chi connectivity index (χ0v) is 9.44. The van der Waals surface area contributed by atoms with Crippen LogP contribution < -0.4 is 5.46 Å². The molecule has 0 aliphatic carbocycles. The standard InChI is InChI=1S/C13H11BFNO/c1-8-6-7-10(13(15)16-8)9-4-3-5-11(14-2)12(9)17/h3-7,17H,2H2,1H3. The molecular weight excluding hydrogens is 216 g/mol. The van der Waals surface area contributed by atoms with Crippen molar-refractivity contribution >= 4 is 18.9 Å². The molecule has 1 aromatic heterocycles. The molecule has 0 spiro atoms. The maximum absolute atomic E-state index is 13.7. The first-order valence-corrected chi connectivity index (χ1v) is 5.21. The fraction of sp³-hybridized carbons (Fsp3) is 0.0769. The van der Waals surface area contributed by atoms with Crippen LogP contribution in [-0.2, 0) is 0 Å². The third kappa shape index (κ3) is 2.11. The average Bonchev–Trinajstić information content (AvgIpc) is 2.30. The maximum atomic E-state index is 13.7. The number of benzene rings is 1. The fourth-order valence-electron chi connectivity index (χ4n) is 1.67. The summed E-state index contributed by atoms with van der Waals surface area (Å²) in [6.07, 6.45) is 0. The number of hydrogen-bond acceptors (Lipinski definition) is 2. The summed E-state index contributed by atoms with van der Waals surface area (Å²) in [6.45, 7) is 6.84. The Morgan fingerprint density at radius 1 is 1.24 bits per heavy atom. The average molecular weight is 227 g/mol. The van der Waals surface area contributed by atoms with Crippen LogP contribution >= 0.6 is 0 Å². The summed E-state index contributed by atoms with van der Waals surface area (Å²) in [5.74, 6) is -0.562. The predicted molar refractivity (Wildman–Crippen MR) is 68.5 cm³/mol. The van der Waals surface area contributed by atoms with Gasteiger partial charge in [0.1, 0.15) is 0 Å². The van der Waals surface area contributed by atoms with Crippen LogP contribution in [0.3, 0.4) is 0 Å². The van der Waals surface area contributed by atoms with Crippen LogP contribution in [0.25, 0.3) is 11.1 Å². The van der Waals surface area contributed by atoms with Gasteiger partial charge >= 0.3 is 99.1 Å². The van der Waals surface area contributed by atoms with Gasteiger partial charge in [-0.3, -0.25) is 0 Å². The Morgan fingerprint density at radius 3 is 2.65 bits per heavy atom. The van der Waals surface area contributed by atoms with Gasteiger partial charge in [0.05, 0.1) is 0 Å². The molecule has 0 bridgehead atoms. The number of aromatic nitrogens is 1. The van der Waals surface area contributed by atoms with Crippen molar-refractivity contribution in [1.29, 1.82) is 0 Å². The first-order chi connectivity index (χ1) is 8.13. The molecule has 2 rings (SSSR count). The summed E-state index contributed by atoms with van der Waals surface area (Å²) >= 11 is 0. The Morgan fingerprint density at radius 2 is 2.00 bits per heavy atom. The second kappa shape index (κ2) is 4.49. The minimum absolute atomic E-state index is 0.0204. The van der Waals surface area contributed by atoms with E-state index in [2.05, 4.69) is 11.5 Å². The molecule has 0 radical (unpaired) electrons. The van der Waals surface area contributed by atoms with E-state index >= 15 is 0 Å². The van der Waals surface area contributed by atoms with Gasteiger partial charge < -0.3 is 0 Å². The molecule has 17 heavy (non-hydrogen) atoms. The summed E-state index contributed by atoms with van der Waals surface area (Å²) < 4.78 is 13.7. The van der Waals surface area contributed by atoms with Crippen molar-refractivity contribution in [2.24, 2.45) is 0 Å². The van der Waals surface area contributed by atoms with Gasteiger partial charge in [0, 0.05) is 0 Å². The first-order valence-electron chi connectivity index (χ1n) is 5.21. The summed E-state index contributed by atoms with van der Waals surface area (Å²) in [5, 5.41) is 9.97. The second-order valence-corrected chi connectivity index (χ2v) is 3.74. The van der Waals surface area contributed by atoms with Gasteiger partial charge in [0.2, 0.25) is 0 Å². The number of pyridine rings is 1. The normalized spacial score (nSPS) is 10.0. The van der Waals surface area contributed by atoms with Crippen LogP contribution in [0.15, 0.2) is 30.3 Å². The molecule has 4 heteroatoms. The van der Waals surface area contributed by atoms with Crippen LogP contribution in [0.1, 0.15) is 5.69 Å². The number of nitrogens with zero attached hydrogens (tertiary/aromatic N) is 1. The number of rotatable bonds is 2. The molecular formula is C13H11BFNO. The van der Waals surface area contributed by atoms with E-state index in [9.17, 15) is 9.50 Å². The van der Waals surface area contributed by atoms with Gasteiger partial charge in [-0.05, 0) is 0 Å². The molecule has 84 valence electrons. The SMILES string of the molecule is C=Bc1cccc(-c2ccc(C)nc2F)c1O. The molecule has 0 fully saturated rings. The zero-order valence-electron chi connectivity index (χ0n) is 9.44. The van der Waals surface area contributed by atoms with E-state index in [0.717, 1.165) is 0 Å². The summed E-state index contributed by atoms with van der Waals surface area (Å²) in [5.41, 5.74) is 1.89. The molecule has 1 aromatic carbocycles. The van der Waals surface area contributed by atoms with E-state index in [0.29, 0.717) is 16.7 Å². The van der Waals surface area contributed by atoms with Gasteiger partial charge in [0.15, 0.2) is 0 Å². The van der Waals surface area contributed by atoms with E-state index in [4.69, 9.17) is 0 Å². The molecule has 0 amide bonds. The Hall–Kier alpha value is -1.97. The molecule has 0 saturated carbocycles. The fourth-order valence-corrected chi connectivity index (χ4v) is 1.67. The van der Waals surface area contributed by atoms with Crippen molar-refractivity contribution in [3.63, 3.8) is 0 Å². The Labute approximate surface area is 99.7 Å². The van der Waals surface area contributed by atoms with Gasteiger partial charge in [-0.25, -0.2) is 0 Å². The van der Waals surface area contributed by atoms with Gasteiger partial charge in [0.25, 0.3) is 0 Å². The van der Waals surface area contributed by atoms with E-state index in [1.54, 1.807) is 37.3 Å². The third-order valence-corrected chi connectivity index (χ3v) is 2.57. The molecule has 1 N–H and O–H groups in total. The minimum atomic E-state index is -0.582. The first kappa shape index (κ1) is 11.5. The molecule has 2 nitrogen and oxygen atoms in total. The van der Waals surface area contributed by atoms with Crippen LogP contribution in [0.2, 0.25) is 0 Å². The van der Waals surface area contributed by atoms with Crippen LogP contribution in [0.4, 0.5) is 4.39 Å². The topological polar surface area (TPSA) is 33.1 Å². The molecule has 0 aliphatic rings. The third-order valence-electron chi connectivity index (χ3n) is 2.57. The molecule has 0 atom stereocenters. The number of aryl methyl sites for hydroxylation is 1. The predicted octanol–water partition coefficient (Wildman–Crippen LogP) is 1.66. The second-order valence-electron chi connectivity index (χ2n) is 3.74. The van der Waals surface area contributed by atoms with Gasteiger partial charge in [-0.1, -0.05) is 0 Å². The van der Waals surface area contributed by atoms with Crippen LogP contribution in [-0.4, -0.2) is 23.5 Å². The Kier molecular flexibility index (Phi) is 3.05. The molecule has 0 aliphatic heterocycles. The van der Waals surface area contributed by atoms with E-state index < -0.39 is 5.95 Å². The number of phenolic OH excluding ortho intramolecular Hbond substituents is 1. The van der Waals surface area contributed by atoms with Crippen LogP contribution in [0, 0.1) is 12.9 Å². The number of para-hydroxylation sites is 1.